The van der Waals surface area contributed by atoms with Gasteiger partial charge in [-0.1, -0.05) is 6.58 Å². The molecule has 0 unspecified atom stereocenters. The molecule has 1 aliphatic rings. The topological polar surface area (TPSA) is 58.1 Å². The molecule has 0 aliphatic carbocycles. The maximum atomic E-state index is 11.4. The highest BCUT2D eigenvalue weighted by atomic mass is 16.1. The average molecular weight is 282 g/mol. The van der Waals surface area contributed by atoms with Crippen LogP contribution in [-0.2, 0) is 4.79 Å². The number of amides is 1. The SMILES string of the molecule is C=CC(=O)Nc1ccc2c(N3CCCC3)nc(C)nc2c1. The van der Waals surface area contributed by atoms with E-state index in [1.54, 1.807) is 0 Å². The van der Waals surface area contributed by atoms with E-state index < -0.39 is 0 Å². The highest BCUT2D eigenvalue weighted by molar-refractivity contribution is 6.01. The molecule has 5 heteroatoms. The maximum Gasteiger partial charge on any atom is 0.247 e. The number of carbonyl (C=O) groups excluding carboxylic acids is 1. The van der Waals surface area contributed by atoms with E-state index in [2.05, 4.69) is 26.8 Å². The number of fused-ring (bicyclic) bond motifs is 1. The molecule has 2 aromatic rings. The monoisotopic (exact) mass is 282 g/mol. The van der Waals surface area contributed by atoms with Crippen LogP contribution in [0.4, 0.5) is 11.5 Å². The summed E-state index contributed by atoms with van der Waals surface area (Å²) >= 11 is 0. The predicted octanol–water partition coefficient (Wildman–Crippen LogP) is 2.66. The number of nitrogens with one attached hydrogen (secondary N) is 1. The fourth-order valence-corrected chi connectivity index (χ4v) is 2.67. The van der Waals surface area contributed by atoms with Gasteiger partial charge in [0.2, 0.25) is 5.91 Å². The minimum Gasteiger partial charge on any atom is -0.356 e. The van der Waals surface area contributed by atoms with Crippen LogP contribution in [0.25, 0.3) is 10.9 Å². The van der Waals surface area contributed by atoms with Crippen LogP contribution in [0.2, 0.25) is 0 Å². The summed E-state index contributed by atoms with van der Waals surface area (Å²) in [7, 11) is 0. The highest BCUT2D eigenvalue weighted by Crippen LogP contribution is 2.28. The van der Waals surface area contributed by atoms with Crippen LogP contribution < -0.4 is 10.2 Å². The van der Waals surface area contributed by atoms with Gasteiger partial charge in [-0.05, 0) is 44.0 Å². The van der Waals surface area contributed by atoms with E-state index in [0.717, 1.165) is 41.3 Å². The largest absolute Gasteiger partial charge is 0.356 e. The second kappa shape index (κ2) is 5.52. The molecular weight excluding hydrogens is 264 g/mol. The minimum atomic E-state index is -0.222. The van der Waals surface area contributed by atoms with Crippen LogP contribution >= 0.6 is 0 Å². The van der Waals surface area contributed by atoms with Crippen molar-refractivity contribution in [3.05, 3.63) is 36.7 Å². The third kappa shape index (κ3) is 2.72. The predicted molar refractivity (Wildman–Crippen MR) is 84.5 cm³/mol. The van der Waals surface area contributed by atoms with Gasteiger partial charge < -0.3 is 10.2 Å². The molecule has 0 spiro atoms. The summed E-state index contributed by atoms with van der Waals surface area (Å²) in [5, 5.41) is 3.79. The highest BCUT2D eigenvalue weighted by Gasteiger charge is 2.17. The van der Waals surface area contributed by atoms with Crippen LogP contribution in [0.3, 0.4) is 0 Å². The molecule has 1 fully saturated rings. The number of rotatable bonds is 3. The number of aryl methyl sites for hydroxylation is 1. The average Bonchev–Trinajstić information content (AvgIpc) is 3.00. The van der Waals surface area contributed by atoms with E-state index in [9.17, 15) is 4.79 Å². The Kier molecular flexibility index (Phi) is 3.56. The van der Waals surface area contributed by atoms with Gasteiger partial charge in [0.05, 0.1) is 5.52 Å². The van der Waals surface area contributed by atoms with Crippen molar-refractivity contribution in [2.45, 2.75) is 19.8 Å². The van der Waals surface area contributed by atoms with E-state index in [4.69, 9.17) is 0 Å². The Morgan fingerprint density at radius 1 is 1.33 bits per heavy atom. The zero-order chi connectivity index (χ0) is 14.8. The van der Waals surface area contributed by atoms with Crippen molar-refractivity contribution in [1.82, 2.24) is 9.97 Å². The summed E-state index contributed by atoms with van der Waals surface area (Å²) in [6.07, 6.45) is 3.67. The molecule has 2 heterocycles. The first kappa shape index (κ1) is 13.5. The molecular formula is C16H18N4O. The van der Waals surface area contributed by atoms with Crippen molar-refractivity contribution in [3.8, 4) is 0 Å². The second-order valence-corrected chi connectivity index (χ2v) is 5.21. The van der Waals surface area contributed by atoms with E-state index in [1.165, 1.54) is 18.9 Å². The lowest BCUT2D eigenvalue weighted by atomic mass is 10.2. The summed E-state index contributed by atoms with van der Waals surface area (Å²) in [5.41, 5.74) is 1.57. The minimum absolute atomic E-state index is 0.222. The van der Waals surface area contributed by atoms with Crippen molar-refractivity contribution >= 4 is 28.3 Å². The second-order valence-electron chi connectivity index (χ2n) is 5.21. The van der Waals surface area contributed by atoms with Crippen molar-refractivity contribution in [2.24, 2.45) is 0 Å². The van der Waals surface area contributed by atoms with Gasteiger partial charge in [-0.25, -0.2) is 9.97 Å². The van der Waals surface area contributed by atoms with Crippen LogP contribution in [-0.4, -0.2) is 29.0 Å². The first-order valence-corrected chi connectivity index (χ1v) is 7.14. The Labute approximate surface area is 123 Å². The number of hydrogen-bond acceptors (Lipinski definition) is 4. The van der Waals surface area contributed by atoms with Crippen molar-refractivity contribution in [2.75, 3.05) is 23.3 Å². The van der Waals surface area contributed by atoms with E-state index in [-0.39, 0.29) is 5.91 Å². The molecule has 21 heavy (non-hydrogen) atoms. The molecule has 3 rings (SSSR count). The van der Waals surface area contributed by atoms with Crippen molar-refractivity contribution < 1.29 is 4.79 Å². The molecule has 108 valence electrons. The van der Waals surface area contributed by atoms with Gasteiger partial charge in [0.25, 0.3) is 0 Å². The van der Waals surface area contributed by atoms with Gasteiger partial charge in [-0.2, -0.15) is 0 Å². The number of hydrogen-bond donors (Lipinski definition) is 1. The molecule has 1 aromatic heterocycles. The molecule has 0 saturated carbocycles. The lowest BCUT2D eigenvalue weighted by molar-refractivity contribution is -0.111. The maximum absolute atomic E-state index is 11.4. The Bertz CT molecular complexity index is 705. The van der Waals surface area contributed by atoms with E-state index >= 15 is 0 Å². The molecule has 1 aliphatic heterocycles. The Hall–Kier alpha value is -2.43. The third-order valence-corrected chi connectivity index (χ3v) is 3.65. The van der Waals surface area contributed by atoms with Gasteiger partial charge in [0, 0.05) is 24.2 Å². The Morgan fingerprint density at radius 3 is 2.81 bits per heavy atom. The molecule has 1 saturated heterocycles. The number of carbonyl (C=O) groups is 1. The zero-order valence-corrected chi connectivity index (χ0v) is 12.1. The molecule has 1 amide bonds. The van der Waals surface area contributed by atoms with Crippen molar-refractivity contribution in [3.63, 3.8) is 0 Å². The summed E-state index contributed by atoms with van der Waals surface area (Å²) in [4.78, 5) is 22.8. The fourth-order valence-electron chi connectivity index (χ4n) is 2.67. The normalized spacial score (nSPS) is 14.4. The van der Waals surface area contributed by atoms with E-state index in [1.807, 2.05) is 25.1 Å². The number of anilines is 2. The first-order chi connectivity index (χ1) is 10.2. The fraction of sp³-hybridized carbons (Fsp3) is 0.312. The van der Waals surface area contributed by atoms with Crippen LogP contribution in [0.1, 0.15) is 18.7 Å². The van der Waals surface area contributed by atoms with Gasteiger partial charge in [0.1, 0.15) is 11.6 Å². The quantitative estimate of drug-likeness (QED) is 0.879. The molecule has 1 N–H and O–H groups in total. The number of benzene rings is 1. The Morgan fingerprint density at radius 2 is 2.10 bits per heavy atom. The summed E-state index contributed by atoms with van der Waals surface area (Å²) in [6.45, 7) is 7.44. The number of nitrogens with zero attached hydrogens (tertiary/aromatic N) is 3. The van der Waals surface area contributed by atoms with Gasteiger partial charge in [0.15, 0.2) is 0 Å². The number of aromatic nitrogens is 2. The summed E-state index contributed by atoms with van der Waals surface area (Å²) < 4.78 is 0. The lowest BCUT2D eigenvalue weighted by Gasteiger charge is -2.19. The van der Waals surface area contributed by atoms with Gasteiger partial charge in [-0.15, -0.1) is 0 Å². The van der Waals surface area contributed by atoms with Crippen LogP contribution in [0.15, 0.2) is 30.9 Å². The Balaban J connectivity index is 2.05. The first-order valence-electron chi connectivity index (χ1n) is 7.14. The van der Waals surface area contributed by atoms with Crippen molar-refractivity contribution in [1.29, 1.82) is 0 Å². The van der Waals surface area contributed by atoms with Gasteiger partial charge >= 0.3 is 0 Å². The zero-order valence-electron chi connectivity index (χ0n) is 12.1. The molecule has 0 atom stereocenters. The third-order valence-electron chi connectivity index (χ3n) is 3.65. The lowest BCUT2D eigenvalue weighted by Crippen LogP contribution is -2.20. The molecule has 1 aromatic carbocycles. The molecule has 5 nitrogen and oxygen atoms in total. The van der Waals surface area contributed by atoms with E-state index in [0.29, 0.717) is 0 Å². The molecule has 0 bridgehead atoms. The van der Waals surface area contributed by atoms with Crippen LogP contribution in [0, 0.1) is 6.92 Å². The summed E-state index contributed by atoms with van der Waals surface area (Å²) in [6, 6.07) is 5.73. The van der Waals surface area contributed by atoms with Crippen LogP contribution in [0.5, 0.6) is 0 Å². The smallest absolute Gasteiger partial charge is 0.247 e. The standard InChI is InChI=1S/C16H18N4O/c1-3-15(21)19-12-6-7-13-14(10-12)17-11(2)18-16(13)20-8-4-5-9-20/h3,6-7,10H,1,4-5,8-9H2,2H3,(H,19,21). The molecule has 0 radical (unpaired) electrons. The summed E-state index contributed by atoms with van der Waals surface area (Å²) in [5.74, 6) is 1.52. The van der Waals surface area contributed by atoms with Gasteiger partial charge in [-0.3, -0.25) is 4.79 Å².